The molecule has 0 unspecified atom stereocenters. The highest BCUT2D eigenvalue weighted by atomic mass is 15.0. The monoisotopic (exact) mass is 876 g/mol. The minimum absolute atomic E-state index is 0.385. The average molecular weight is 877 g/mol. The van der Waals surface area contributed by atoms with Gasteiger partial charge in [0.2, 0.25) is 0 Å². The number of para-hydroxylation sites is 1. The van der Waals surface area contributed by atoms with Gasteiger partial charge in [0.1, 0.15) is 0 Å². The highest BCUT2D eigenvalue weighted by Crippen LogP contribution is 2.63. The van der Waals surface area contributed by atoms with Gasteiger partial charge >= 0.3 is 0 Å². The van der Waals surface area contributed by atoms with Gasteiger partial charge in [0.25, 0.3) is 0 Å². The molecule has 3 aliphatic carbocycles. The van der Waals surface area contributed by atoms with Crippen LogP contribution in [0.3, 0.4) is 0 Å². The van der Waals surface area contributed by atoms with E-state index in [1.807, 2.05) is 36.4 Å². The molecular formula is C65H40N4. The standard InChI is InChI=1S/C65H40N4/c1-3-16-40(17-4-1)62-66-63(41-18-5-2-6-19-41)68-64(67-62)52-25-15-24-46-53-39-45(33-30-44(53)37-54(46)52)69-60-29-14-10-23-51(60)55-36-42(32-35-61(55)69)43-31-34-50-49-22-9-13-28-58(49)65(59(50)38-43)56-26-11-7-20-47(56)48-21-8-12-27-57(48)65/h1-36,38-39H,37H2. The van der Waals surface area contributed by atoms with E-state index in [0.29, 0.717) is 17.5 Å². The second-order valence-corrected chi connectivity index (χ2v) is 18.6. The zero-order valence-corrected chi connectivity index (χ0v) is 37.4. The smallest absolute Gasteiger partial charge is 0.164 e. The molecule has 0 saturated heterocycles. The molecule has 0 N–H and O–H groups in total. The summed E-state index contributed by atoms with van der Waals surface area (Å²) in [5, 5.41) is 2.47. The Morgan fingerprint density at radius 2 is 0.841 bits per heavy atom. The molecule has 2 aromatic heterocycles. The van der Waals surface area contributed by atoms with E-state index < -0.39 is 0 Å². The minimum atomic E-state index is -0.385. The van der Waals surface area contributed by atoms with Crippen LogP contribution in [-0.2, 0) is 11.8 Å². The third kappa shape index (κ3) is 5.43. The molecule has 3 aliphatic rings. The summed E-state index contributed by atoms with van der Waals surface area (Å²) in [6.07, 6.45) is 0.801. The SMILES string of the molecule is c1ccc(-c2nc(-c3ccccc3)nc(-c3cccc4c3Cc3ccc(-n5c6ccccc6c6cc(-c7ccc8c(c7)C7(c9ccccc9-c9ccccc97)c7ccccc7-8)ccc65)cc3-4)n2)cc1. The maximum absolute atomic E-state index is 5.13. The Bertz CT molecular complexity index is 3990. The number of nitrogens with zero attached hydrogens (tertiary/aromatic N) is 4. The normalized spacial score (nSPS) is 13.3. The molecule has 320 valence electrons. The second kappa shape index (κ2) is 14.5. The Labute approximate surface area is 399 Å². The van der Waals surface area contributed by atoms with Crippen molar-refractivity contribution in [2.24, 2.45) is 0 Å². The van der Waals surface area contributed by atoms with Gasteiger partial charge in [0, 0.05) is 33.2 Å². The third-order valence-electron chi connectivity index (χ3n) is 15.1. The number of hydrogen-bond acceptors (Lipinski definition) is 3. The van der Waals surface area contributed by atoms with Crippen LogP contribution in [-0.4, -0.2) is 19.5 Å². The predicted octanol–water partition coefficient (Wildman–Crippen LogP) is 15.6. The molecule has 0 saturated carbocycles. The molecule has 12 aromatic rings. The zero-order valence-electron chi connectivity index (χ0n) is 37.4. The van der Waals surface area contributed by atoms with Crippen molar-refractivity contribution in [2.75, 3.05) is 0 Å². The predicted molar refractivity (Wildman–Crippen MR) is 280 cm³/mol. The van der Waals surface area contributed by atoms with Crippen LogP contribution in [0.4, 0.5) is 0 Å². The Kier molecular flexibility index (Phi) is 8.02. The number of fused-ring (bicyclic) bond motifs is 16. The van der Waals surface area contributed by atoms with Gasteiger partial charge in [-0.25, -0.2) is 15.0 Å². The van der Waals surface area contributed by atoms with Crippen LogP contribution in [0, 0.1) is 0 Å². The van der Waals surface area contributed by atoms with Crippen molar-refractivity contribution in [2.45, 2.75) is 11.8 Å². The summed E-state index contributed by atoms with van der Waals surface area (Å²) in [7, 11) is 0. The summed E-state index contributed by atoms with van der Waals surface area (Å²) in [6, 6.07) is 84.2. The van der Waals surface area contributed by atoms with Crippen molar-refractivity contribution in [1.82, 2.24) is 19.5 Å². The van der Waals surface area contributed by atoms with Gasteiger partial charge < -0.3 is 4.57 Å². The first-order chi connectivity index (χ1) is 34.2. The molecule has 1 spiro atoms. The maximum Gasteiger partial charge on any atom is 0.164 e. The van der Waals surface area contributed by atoms with Gasteiger partial charge in [0.05, 0.1) is 16.4 Å². The molecule has 4 heteroatoms. The van der Waals surface area contributed by atoms with Crippen LogP contribution in [0.1, 0.15) is 33.4 Å². The molecule has 2 heterocycles. The minimum Gasteiger partial charge on any atom is -0.309 e. The van der Waals surface area contributed by atoms with Gasteiger partial charge in [-0.2, -0.15) is 0 Å². The lowest BCUT2D eigenvalue weighted by atomic mass is 9.70. The molecule has 0 radical (unpaired) electrons. The van der Waals surface area contributed by atoms with Crippen LogP contribution in [0.25, 0.3) is 106 Å². The Balaban J connectivity index is 0.852. The lowest BCUT2D eigenvalue weighted by Crippen LogP contribution is -2.25. The topological polar surface area (TPSA) is 43.6 Å². The van der Waals surface area contributed by atoms with E-state index in [0.717, 1.165) is 28.8 Å². The zero-order chi connectivity index (χ0) is 45.2. The quantitative estimate of drug-likeness (QED) is 0.173. The first kappa shape index (κ1) is 38.1. The highest BCUT2D eigenvalue weighted by Gasteiger charge is 2.51. The summed E-state index contributed by atoms with van der Waals surface area (Å²) in [5.41, 5.74) is 24.2. The van der Waals surface area contributed by atoms with Gasteiger partial charge in [0.15, 0.2) is 17.5 Å². The van der Waals surface area contributed by atoms with Gasteiger partial charge in [-0.3, -0.25) is 0 Å². The summed E-state index contributed by atoms with van der Waals surface area (Å²) in [4.78, 5) is 15.2. The van der Waals surface area contributed by atoms with Crippen molar-refractivity contribution in [3.63, 3.8) is 0 Å². The van der Waals surface area contributed by atoms with E-state index in [1.165, 1.54) is 99.7 Å². The van der Waals surface area contributed by atoms with Crippen LogP contribution >= 0.6 is 0 Å². The molecule has 0 aliphatic heterocycles. The van der Waals surface area contributed by atoms with Crippen LogP contribution in [0.5, 0.6) is 0 Å². The van der Waals surface area contributed by atoms with Crippen molar-refractivity contribution in [1.29, 1.82) is 0 Å². The van der Waals surface area contributed by atoms with E-state index >= 15 is 0 Å². The summed E-state index contributed by atoms with van der Waals surface area (Å²) in [6.45, 7) is 0. The number of benzene rings is 10. The first-order valence-corrected chi connectivity index (χ1v) is 23.8. The number of hydrogen-bond donors (Lipinski definition) is 0. The molecule has 15 rings (SSSR count). The molecule has 4 nitrogen and oxygen atoms in total. The largest absolute Gasteiger partial charge is 0.309 e. The molecule has 0 fully saturated rings. The van der Waals surface area contributed by atoms with Gasteiger partial charge in [-0.05, 0) is 121 Å². The van der Waals surface area contributed by atoms with E-state index in [2.05, 4.69) is 199 Å². The first-order valence-electron chi connectivity index (χ1n) is 23.8. The van der Waals surface area contributed by atoms with Crippen molar-refractivity contribution in [3.05, 3.63) is 264 Å². The van der Waals surface area contributed by atoms with Gasteiger partial charge in [-0.1, -0.05) is 194 Å². The Morgan fingerprint density at radius 1 is 0.319 bits per heavy atom. The Morgan fingerprint density at radius 3 is 1.52 bits per heavy atom. The van der Waals surface area contributed by atoms with Gasteiger partial charge in [-0.15, -0.1) is 0 Å². The Hall–Kier alpha value is -8.99. The third-order valence-corrected chi connectivity index (χ3v) is 15.1. The van der Waals surface area contributed by atoms with Crippen LogP contribution in [0.15, 0.2) is 231 Å². The van der Waals surface area contributed by atoms with Crippen LogP contribution in [0.2, 0.25) is 0 Å². The van der Waals surface area contributed by atoms with E-state index in [-0.39, 0.29) is 5.41 Å². The molecule has 0 amide bonds. The summed E-state index contributed by atoms with van der Waals surface area (Å²) in [5.74, 6) is 2.02. The molecule has 0 bridgehead atoms. The average Bonchev–Trinajstić information content (AvgIpc) is 4.14. The molecule has 0 atom stereocenters. The highest BCUT2D eigenvalue weighted by molar-refractivity contribution is 6.11. The number of aromatic nitrogens is 4. The van der Waals surface area contributed by atoms with Crippen molar-refractivity contribution < 1.29 is 0 Å². The fourth-order valence-electron chi connectivity index (χ4n) is 12.2. The fraction of sp³-hybridized carbons (Fsp3) is 0.0308. The van der Waals surface area contributed by atoms with Crippen molar-refractivity contribution in [3.8, 4) is 84.4 Å². The fourth-order valence-corrected chi connectivity index (χ4v) is 12.2. The maximum atomic E-state index is 5.13. The summed E-state index contributed by atoms with van der Waals surface area (Å²) < 4.78 is 2.45. The van der Waals surface area contributed by atoms with Crippen molar-refractivity contribution >= 4 is 21.8 Å². The second-order valence-electron chi connectivity index (χ2n) is 18.6. The van der Waals surface area contributed by atoms with E-state index in [4.69, 9.17) is 15.0 Å². The van der Waals surface area contributed by atoms with E-state index in [1.54, 1.807) is 0 Å². The summed E-state index contributed by atoms with van der Waals surface area (Å²) >= 11 is 0. The van der Waals surface area contributed by atoms with Crippen LogP contribution < -0.4 is 0 Å². The lowest BCUT2D eigenvalue weighted by Gasteiger charge is -2.30. The van der Waals surface area contributed by atoms with E-state index in [9.17, 15) is 0 Å². The number of rotatable bonds is 5. The molecular weight excluding hydrogens is 837 g/mol. The molecule has 10 aromatic carbocycles. The molecule has 69 heavy (non-hydrogen) atoms. The lowest BCUT2D eigenvalue weighted by molar-refractivity contribution is 0.794.